The fourth-order valence-electron chi connectivity index (χ4n) is 5.48. The second-order valence-electron chi connectivity index (χ2n) is 11.3. The molecule has 0 saturated carbocycles. The number of hydrogen-bond acceptors (Lipinski definition) is 6. The number of fused-ring (bicyclic) bond motifs is 1. The van der Waals surface area contributed by atoms with Crippen LogP contribution in [0.5, 0.6) is 0 Å². The highest BCUT2D eigenvalue weighted by atomic mass is 16.4. The second kappa shape index (κ2) is 14.9. The number of carbonyl (C=O) groups excluding carboxylic acids is 2. The molecule has 9 heteroatoms. The van der Waals surface area contributed by atoms with Crippen LogP contribution in [-0.4, -0.2) is 43.8 Å². The minimum Gasteiger partial charge on any atom is -0.480 e. The monoisotopic (exact) mass is 645 g/mol. The van der Waals surface area contributed by atoms with Crippen molar-refractivity contribution in [2.24, 2.45) is 5.84 Å². The zero-order chi connectivity index (χ0) is 34.2. The number of carbonyl (C=O) groups is 3. The summed E-state index contributed by atoms with van der Waals surface area (Å²) in [6.07, 6.45) is 3.37. The van der Waals surface area contributed by atoms with Crippen LogP contribution in [0, 0.1) is 11.8 Å². The molecule has 6 aromatic rings. The molecular weight excluding hydrogens is 614 g/mol. The van der Waals surface area contributed by atoms with Gasteiger partial charge in [0.2, 0.25) is 0 Å². The van der Waals surface area contributed by atoms with Gasteiger partial charge in [0.1, 0.15) is 6.04 Å². The number of pyridine rings is 2. The van der Waals surface area contributed by atoms with Crippen molar-refractivity contribution in [3.63, 3.8) is 0 Å². The first-order valence-electron chi connectivity index (χ1n) is 15.5. The van der Waals surface area contributed by atoms with Gasteiger partial charge in [-0.2, -0.15) is 0 Å². The number of nitrogen functional groups attached to an aromatic ring is 1. The molecule has 0 radical (unpaired) electrons. The quantitative estimate of drug-likeness (QED) is 0.0801. The van der Waals surface area contributed by atoms with E-state index >= 15 is 0 Å². The molecular formula is C40H31N5O4. The van der Waals surface area contributed by atoms with Crippen molar-refractivity contribution in [3.05, 3.63) is 167 Å². The van der Waals surface area contributed by atoms with Crippen LogP contribution in [0.4, 0.5) is 0 Å². The topological polar surface area (TPSA) is 139 Å². The van der Waals surface area contributed by atoms with Gasteiger partial charge in [-0.3, -0.25) is 20.0 Å². The van der Waals surface area contributed by atoms with Gasteiger partial charge in [0.05, 0.1) is 16.8 Å². The second-order valence-corrected chi connectivity index (χ2v) is 11.3. The Bertz CT molecular complexity index is 2180. The van der Waals surface area contributed by atoms with Crippen molar-refractivity contribution < 1.29 is 19.5 Å². The van der Waals surface area contributed by atoms with Crippen LogP contribution in [0.2, 0.25) is 0 Å². The summed E-state index contributed by atoms with van der Waals surface area (Å²) in [6.45, 7) is 0.147. The van der Waals surface area contributed by atoms with Crippen LogP contribution in [-0.2, 0) is 17.8 Å². The van der Waals surface area contributed by atoms with Gasteiger partial charge in [-0.1, -0.05) is 84.6 Å². The number of aromatic nitrogens is 2. The van der Waals surface area contributed by atoms with Crippen LogP contribution in [0.25, 0.3) is 22.2 Å². The zero-order valence-electron chi connectivity index (χ0n) is 26.3. The van der Waals surface area contributed by atoms with Crippen molar-refractivity contribution in [2.75, 3.05) is 0 Å². The van der Waals surface area contributed by atoms with Gasteiger partial charge < -0.3 is 10.0 Å². The Balaban J connectivity index is 1.21. The van der Waals surface area contributed by atoms with Crippen LogP contribution in [0.1, 0.15) is 43.0 Å². The van der Waals surface area contributed by atoms with Gasteiger partial charge in [0.25, 0.3) is 11.8 Å². The van der Waals surface area contributed by atoms with E-state index in [1.54, 1.807) is 48.8 Å². The SMILES string of the molecule is NNC(=O)c1cc(-c2ccc(C#Cc3ccc(C(=O)N(Cc4ccccc4)C(Cc4ccccc4)C(=O)O)cc3)cc2)nc2ccncc12. The molecule has 2 amide bonds. The van der Waals surface area contributed by atoms with Gasteiger partial charge in [0, 0.05) is 53.0 Å². The summed E-state index contributed by atoms with van der Waals surface area (Å²) in [7, 11) is 0. The highest BCUT2D eigenvalue weighted by molar-refractivity contribution is 6.06. The number of nitrogens with zero attached hydrogens (tertiary/aromatic N) is 3. The lowest BCUT2D eigenvalue weighted by atomic mass is 10.0. The van der Waals surface area contributed by atoms with E-state index in [0.29, 0.717) is 33.3 Å². The van der Waals surface area contributed by atoms with E-state index in [9.17, 15) is 19.5 Å². The van der Waals surface area contributed by atoms with Crippen molar-refractivity contribution in [3.8, 4) is 23.1 Å². The van der Waals surface area contributed by atoms with Crippen LogP contribution in [0.15, 0.2) is 134 Å². The van der Waals surface area contributed by atoms with Gasteiger partial charge in [-0.25, -0.2) is 15.6 Å². The number of hydrazine groups is 1. The highest BCUT2D eigenvalue weighted by Crippen LogP contribution is 2.25. The smallest absolute Gasteiger partial charge is 0.326 e. The Hall–Kier alpha value is -6.63. The molecule has 0 saturated heterocycles. The zero-order valence-corrected chi connectivity index (χ0v) is 26.3. The predicted molar refractivity (Wildman–Crippen MR) is 187 cm³/mol. The molecule has 4 N–H and O–H groups in total. The molecule has 0 aliphatic rings. The molecule has 0 aliphatic heterocycles. The lowest BCUT2D eigenvalue weighted by Gasteiger charge is -2.29. The third-order valence-electron chi connectivity index (χ3n) is 8.04. The highest BCUT2D eigenvalue weighted by Gasteiger charge is 2.31. The molecule has 240 valence electrons. The van der Waals surface area contributed by atoms with E-state index in [1.165, 1.54) is 4.90 Å². The molecule has 0 fully saturated rings. The number of aliphatic carboxylic acids is 1. The minimum absolute atomic E-state index is 0.147. The first kappa shape index (κ1) is 32.3. The van der Waals surface area contributed by atoms with Crippen LogP contribution >= 0.6 is 0 Å². The summed E-state index contributed by atoms with van der Waals surface area (Å²) in [4.78, 5) is 49.0. The predicted octanol–water partition coefficient (Wildman–Crippen LogP) is 5.64. The largest absolute Gasteiger partial charge is 0.480 e. The molecule has 4 aromatic carbocycles. The van der Waals surface area contributed by atoms with Crippen molar-refractivity contribution in [2.45, 2.75) is 19.0 Å². The van der Waals surface area contributed by atoms with E-state index in [2.05, 4.69) is 27.2 Å². The molecule has 1 unspecified atom stereocenters. The fraction of sp³-hybridized carbons (Fsp3) is 0.0750. The van der Waals surface area contributed by atoms with Crippen LogP contribution < -0.4 is 11.3 Å². The van der Waals surface area contributed by atoms with Crippen molar-refractivity contribution >= 4 is 28.7 Å². The van der Waals surface area contributed by atoms with E-state index in [4.69, 9.17) is 5.84 Å². The number of carboxylic acids is 1. The van der Waals surface area contributed by atoms with Gasteiger partial charge >= 0.3 is 5.97 Å². The minimum atomic E-state index is -1.07. The number of hydrogen-bond donors (Lipinski definition) is 3. The molecule has 1 atom stereocenters. The van der Waals surface area contributed by atoms with Crippen LogP contribution in [0.3, 0.4) is 0 Å². The molecule has 2 aromatic heterocycles. The van der Waals surface area contributed by atoms with Crippen molar-refractivity contribution in [1.82, 2.24) is 20.3 Å². The summed E-state index contributed by atoms with van der Waals surface area (Å²) in [5, 5.41) is 10.8. The molecule has 6 rings (SSSR count). The third-order valence-corrected chi connectivity index (χ3v) is 8.04. The maximum atomic E-state index is 13.9. The molecule has 0 bridgehead atoms. The first-order chi connectivity index (χ1) is 23.9. The number of nitrogens with two attached hydrogens (primary N) is 1. The number of nitrogens with one attached hydrogen (secondary N) is 1. The lowest BCUT2D eigenvalue weighted by molar-refractivity contribution is -0.142. The van der Waals surface area contributed by atoms with Gasteiger partial charge in [0.15, 0.2) is 0 Å². The van der Waals surface area contributed by atoms with Gasteiger partial charge in [-0.15, -0.1) is 0 Å². The Morgan fingerprint density at radius 2 is 1.41 bits per heavy atom. The average Bonchev–Trinajstić information content (AvgIpc) is 3.15. The number of benzene rings is 4. The van der Waals surface area contributed by atoms with E-state index in [0.717, 1.165) is 22.3 Å². The molecule has 0 spiro atoms. The Morgan fingerprint density at radius 1 is 0.796 bits per heavy atom. The number of amides is 2. The summed E-state index contributed by atoms with van der Waals surface area (Å²) in [6, 6.07) is 35.3. The number of rotatable bonds is 9. The Kier molecular flexibility index (Phi) is 9.80. The molecule has 2 heterocycles. The maximum Gasteiger partial charge on any atom is 0.326 e. The van der Waals surface area contributed by atoms with E-state index < -0.39 is 17.9 Å². The molecule has 0 aliphatic carbocycles. The molecule has 49 heavy (non-hydrogen) atoms. The Morgan fingerprint density at radius 3 is 2.02 bits per heavy atom. The molecule has 9 nitrogen and oxygen atoms in total. The summed E-state index contributed by atoms with van der Waals surface area (Å²) in [5.74, 6) is 9.78. The fourth-order valence-corrected chi connectivity index (χ4v) is 5.48. The summed E-state index contributed by atoms with van der Waals surface area (Å²) in [5.41, 5.74) is 8.05. The Labute approximate surface area is 283 Å². The maximum absolute atomic E-state index is 13.9. The summed E-state index contributed by atoms with van der Waals surface area (Å²) >= 11 is 0. The van der Waals surface area contributed by atoms with E-state index in [-0.39, 0.29) is 18.9 Å². The lowest BCUT2D eigenvalue weighted by Crippen LogP contribution is -2.46. The number of carboxylic acid groups (broad SMARTS) is 1. The summed E-state index contributed by atoms with van der Waals surface area (Å²) < 4.78 is 0. The van der Waals surface area contributed by atoms with E-state index in [1.807, 2.05) is 84.9 Å². The standard InChI is InChI=1S/C40H31N5O4/c41-44-38(46)33-24-36(43-35-21-22-42-25-34(33)35)31-17-13-27(14-18-31)11-12-28-15-19-32(20-16-28)39(47)45(26-30-9-5-2-6-10-30)37(40(48)49)23-29-7-3-1-4-8-29/h1-10,13-22,24-25,37H,23,26,41H2,(H,44,46)(H,48,49). The van der Waals surface area contributed by atoms with Crippen molar-refractivity contribution in [1.29, 1.82) is 0 Å². The van der Waals surface area contributed by atoms with Gasteiger partial charge in [-0.05, 0) is 59.7 Å². The normalized spacial score (nSPS) is 11.2. The first-order valence-corrected chi connectivity index (χ1v) is 15.5. The average molecular weight is 646 g/mol. The third kappa shape index (κ3) is 7.68.